The number of para-hydroxylation sites is 1. The Labute approximate surface area is 113 Å². The van der Waals surface area contributed by atoms with E-state index in [2.05, 4.69) is 0 Å². The predicted octanol–water partition coefficient (Wildman–Crippen LogP) is 0.790. The molecule has 0 aliphatic rings. The number of likely N-dealkylation sites (N-methyl/N-ethyl adjacent to an activating group) is 1. The summed E-state index contributed by atoms with van der Waals surface area (Å²) in [6.07, 6.45) is 0.105. The van der Waals surface area contributed by atoms with Crippen LogP contribution in [-0.2, 0) is 16.0 Å². The van der Waals surface area contributed by atoms with Crippen molar-refractivity contribution in [2.45, 2.75) is 18.9 Å². The molecule has 1 aromatic rings. The maximum Gasteiger partial charge on any atom is 0.222 e. The normalized spacial score (nSPS) is 12.2. The van der Waals surface area contributed by atoms with Gasteiger partial charge in [-0.3, -0.25) is 4.79 Å². The summed E-state index contributed by atoms with van der Waals surface area (Å²) in [5, 5.41) is 19.1. The highest BCUT2D eigenvalue weighted by molar-refractivity contribution is 5.76. The average molecular weight is 267 g/mol. The van der Waals surface area contributed by atoms with E-state index in [0.717, 1.165) is 5.56 Å². The van der Waals surface area contributed by atoms with Gasteiger partial charge in [-0.1, -0.05) is 18.2 Å². The van der Waals surface area contributed by atoms with Crippen LogP contribution < -0.4 is 0 Å². The van der Waals surface area contributed by atoms with Crippen LogP contribution in [0, 0.1) is 0 Å². The van der Waals surface area contributed by atoms with Crippen molar-refractivity contribution in [3.63, 3.8) is 0 Å². The number of phenols is 1. The molecule has 0 saturated heterocycles. The topological polar surface area (TPSA) is 70.0 Å². The molecule has 0 aliphatic carbocycles. The second kappa shape index (κ2) is 7.76. The molecule has 2 N–H and O–H groups in total. The lowest BCUT2D eigenvalue weighted by Crippen LogP contribution is -2.36. The van der Waals surface area contributed by atoms with Crippen molar-refractivity contribution in [3.05, 3.63) is 29.8 Å². The summed E-state index contributed by atoms with van der Waals surface area (Å²) < 4.78 is 4.81. The lowest BCUT2D eigenvalue weighted by Gasteiger charge is -2.20. The molecule has 0 heterocycles. The molecule has 1 unspecified atom stereocenters. The molecule has 1 amide bonds. The third kappa shape index (κ3) is 5.28. The highest BCUT2D eigenvalue weighted by Crippen LogP contribution is 2.17. The third-order valence-corrected chi connectivity index (χ3v) is 2.87. The van der Waals surface area contributed by atoms with E-state index in [-0.39, 0.29) is 24.8 Å². The van der Waals surface area contributed by atoms with E-state index in [0.29, 0.717) is 12.8 Å². The average Bonchev–Trinajstić information content (AvgIpc) is 2.37. The number of hydrogen-bond acceptors (Lipinski definition) is 4. The van der Waals surface area contributed by atoms with E-state index in [1.54, 1.807) is 25.2 Å². The second-order valence-electron chi connectivity index (χ2n) is 4.51. The molecule has 1 aromatic carbocycles. The molecule has 1 rings (SSSR count). The van der Waals surface area contributed by atoms with E-state index in [9.17, 15) is 15.0 Å². The number of aryl methyl sites for hydroxylation is 1. The van der Waals surface area contributed by atoms with Crippen molar-refractivity contribution in [2.75, 3.05) is 27.3 Å². The third-order valence-electron chi connectivity index (χ3n) is 2.87. The zero-order valence-electron chi connectivity index (χ0n) is 11.4. The first-order valence-electron chi connectivity index (χ1n) is 6.22. The summed E-state index contributed by atoms with van der Waals surface area (Å²) >= 11 is 0. The Morgan fingerprint density at radius 3 is 2.74 bits per heavy atom. The van der Waals surface area contributed by atoms with Crippen LogP contribution in [0.1, 0.15) is 12.0 Å². The van der Waals surface area contributed by atoms with Gasteiger partial charge in [0.2, 0.25) is 5.91 Å². The van der Waals surface area contributed by atoms with Gasteiger partial charge in [0.05, 0.1) is 12.7 Å². The molecule has 0 spiro atoms. The van der Waals surface area contributed by atoms with Gasteiger partial charge >= 0.3 is 0 Å². The number of phenolic OH excluding ortho intramolecular Hbond substituents is 1. The Bertz CT molecular complexity index is 408. The van der Waals surface area contributed by atoms with E-state index in [1.807, 2.05) is 6.07 Å². The van der Waals surface area contributed by atoms with Crippen molar-refractivity contribution >= 4 is 5.91 Å². The smallest absolute Gasteiger partial charge is 0.222 e. The Hall–Kier alpha value is -1.59. The molecule has 5 heteroatoms. The number of aliphatic hydroxyl groups excluding tert-OH is 1. The highest BCUT2D eigenvalue weighted by Gasteiger charge is 2.14. The summed E-state index contributed by atoms with van der Waals surface area (Å²) in [6, 6.07) is 6.97. The fourth-order valence-electron chi connectivity index (χ4n) is 1.82. The number of aliphatic hydroxyl groups is 1. The maximum absolute atomic E-state index is 11.9. The number of carbonyl (C=O) groups excluding carboxylic acids is 1. The Morgan fingerprint density at radius 2 is 2.11 bits per heavy atom. The first-order valence-corrected chi connectivity index (χ1v) is 6.22. The summed E-state index contributed by atoms with van der Waals surface area (Å²) in [7, 11) is 3.15. The van der Waals surface area contributed by atoms with Crippen molar-refractivity contribution in [1.82, 2.24) is 4.90 Å². The van der Waals surface area contributed by atoms with E-state index < -0.39 is 6.10 Å². The monoisotopic (exact) mass is 267 g/mol. The van der Waals surface area contributed by atoms with Gasteiger partial charge in [0.1, 0.15) is 5.75 Å². The predicted molar refractivity (Wildman–Crippen MR) is 71.9 cm³/mol. The maximum atomic E-state index is 11.9. The van der Waals surface area contributed by atoms with Crippen LogP contribution in [0.4, 0.5) is 0 Å². The number of aromatic hydroxyl groups is 1. The summed E-state index contributed by atoms with van der Waals surface area (Å²) in [6.45, 7) is 0.449. The minimum absolute atomic E-state index is 0.0709. The molecule has 0 bridgehead atoms. The molecule has 0 aromatic heterocycles. The number of benzene rings is 1. The lowest BCUT2D eigenvalue weighted by atomic mass is 10.1. The fraction of sp³-hybridized carbons (Fsp3) is 0.500. The number of hydrogen-bond donors (Lipinski definition) is 2. The van der Waals surface area contributed by atoms with Gasteiger partial charge in [-0.2, -0.15) is 0 Å². The molecule has 0 saturated carbocycles. The lowest BCUT2D eigenvalue weighted by molar-refractivity contribution is -0.131. The van der Waals surface area contributed by atoms with Gasteiger partial charge in [-0.15, -0.1) is 0 Å². The number of amides is 1. The number of carbonyl (C=O) groups is 1. The first-order chi connectivity index (χ1) is 9.04. The summed E-state index contributed by atoms with van der Waals surface area (Å²) in [4.78, 5) is 13.3. The summed E-state index contributed by atoms with van der Waals surface area (Å²) in [5.41, 5.74) is 0.752. The molecule has 0 fully saturated rings. The quantitative estimate of drug-likeness (QED) is 0.766. The molecule has 0 aliphatic heterocycles. The number of ether oxygens (including phenoxy) is 1. The first kappa shape index (κ1) is 15.5. The van der Waals surface area contributed by atoms with Gasteiger partial charge in [-0.05, 0) is 18.1 Å². The van der Waals surface area contributed by atoms with Crippen LogP contribution in [0.3, 0.4) is 0 Å². The minimum atomic E-state index is -0.677. The molecular weight excluding hydrogens is 246 g/mol. The molecule has 106 valence electrons. The van der Waals surface area contributed by atoms with Crippen molar-refractivity contribution < 1.29 is 19.7 Å². The molecule has 5 nitrogen and oxygen atoms in total. The van der Waals surface area contributed by atoms with E-state index in [1.165, 1.54) is 12.0 Å². The standard InChI is InChI=1S/C14H21NO4/c1-15(9-12(16)10-19-2)14(18)8-7-11-5-3-4-6-13(11)17/h3-6,12,16-17H,7-10H2,1-2H3. The largest absolute Gasteiger partial charge is 0.508 e. The van der Waals surface area contributed by atoms with Gasteiger partial charge in [0.25, 0.3) is 0 Å². The van der Waals surface area contributed by atoms with Crippen LogP contribution in [-0.4, -0.2) is 54.4 Å². The van der Waals surface area contributed by atoms with Gasteiger partial charge in [-0.25, -0.2) is 0 Å². The van der Waals surface area contributed by atoms with Crippen LogP contribution >= 0.6 is 0 Å². The minimum Gasteiger partial charge on any atom is -0.508 e. The van der Waals surface area contributed by atoms with Crippen LogP contribution in [0.15, 0.2) is 24.3 Å². The SMILES string of the molecule is COCC(O)CN(C)C(=O)CCc1ccccc1O. The van der Waals surface area contributed by atoms with Crippen molar-refractivity contribution in [1.29, 1.82) is 0 Å². The fourth-order valence-corrected chi connectivity index (χ4v) is 1.82. The molecule has 19 heavy (non-hydrogen) atoms. The van der Waals surface area contributed by atoms with Crippen molar-refractivity contribution in [3.8, 4) is 5.75 Å². The summed E-state index contributed by atoms with van der Waals surface area (Å²) in [5.74, 6) is 0.135. The van der Waals surface area contributed by atoms with Crippen LogP contribution in [0.25, 0.3) is 0 Å². The van der Waals surface area contributed by atoms with Crippen molar-refractivity contribution in [2.24, 2.45) is 0 Å². The zero-order valence-corrected chi connectivity index (χ0v) is 11.4. The van der Waals surface area contributed by atoms with Gasteiger partial charge in [0.15, 0.2) is 0 Å². The number of nitrogens with zero attached hydrogens (tertiary/aromatic N) is 1. The molecular formula is C14H21NO4. The highest BCUT2D eigenvalue weighted by atomic mass is 16.5. The Morgan fingerprint density at radius 1 is 1.42 bits per heavy atom. The second-order valence-corrected chi connectivity index (χ2v) is 4.51. The zero-order chi connectivity index (χ0) is 14.3. The van der Waals surface area contributed by atoms with E-state index >= 15 is 0 Å². The van der Waals surface area contributed by atoms with Crippen LogP contribution in [0.5, 0.6) is 5.75 Å². The van der Waals surface area contributed by atoms with Gasteiger partial charge in [0, 0.05) is 27.1 Å². The Balaban J connectivity index is 2.40. The number of methoxy groups -OCH3 is 1. The molecule has 1 atom stereocenters. The van der Waals surface area contributed by atoms with E-state index in [4.69, 9.17) is 4.74 Å². The molecule has 0 radical (unpaired) electrons. The Kier molecular flexibility index (Phi) is 6.32. The number of rotatable bonds is 7. The van der Waals surface area contributed by atoms with Gasteiger partial charge < -0.3 is 19.8 Å². The van der Waals surface area contributed by atoms with Crippen LogP contribution in [0.2, 0.25) is 0 Å².